The number of hydrogen-bond acceptors (Lipinski definition) is 4. The van der Waals surface area contributed by atoms with E-state index in [1.165, 1.54) is 11.8 Å². The summed E-state index contributed by atoms with van der Waals surface area (Å²) in [5.41, 5.74) is 0.833. The molecule has 7 heteroatoms. The molecule has 1 N–H and O–H groups in total. The highest BCUT2D eigenvalue weighted by molar-refractivity contribution is 5.99. The highest BCUT2D eigenvalue weighted by Gasteiger charge is 2.38. The summed E-state index contributed by atoms with van der Waals surface area (Å²) in [6.07, 6.45) is 5.45. The number of aliphatic carboxylic acids is 1. The number of carboxylic acid groups (broad SMARTS) is 1. The molecule has 4 rings (SSSR count). The van der Waals surface area contributed by atoms with Crippen LogP contribution in [0.1, 0.15) is 55.2 Å². The van der Waals surface area contributed by atoms with Crippen LogP contribution in [0.4, 0.5) is 0 Å². The Labute approximate surface area is 156 Å². The summed E-state index contributed by atoms with van der Waals surface area (Å²) in [5.74, 6) is -0.559. The molecule has 1 unspecified atom stereocenters. The molecule has 1 aromatic carbocycles. The lowest BCUT2D eigenvalue weighted by Crippen LogP contribution is -2.44. The number of carbonyl (C=O) groups excluding carboxylic acids is 1. The fourth-order valence-corrected chi connectivity index (χ4v) is 3.83. The molecule has 142 valence electrons. The molecule has 1 aromatic heterocycles. The van der Waals surface area contributed by atoms with Crippen LogP contribution in [-0.4, -0.2) is 43.5 Å². The summed E-state index contributed by atoms with van der Waals surface area (Å²) in [7, 11) is 0. The first-order valence-corrected chi connectivity index (χ1v) is 9.56. The maximum atomic E-state index is 13.0. The minimum atomic E-state index is -1.02. The van der Waals surface area contributed by atoms with Crippen molar-refractivity contribution in [2.45, 2.75) is 64.1 Å². The van der Waals surface area contributed by atoms with E-state index in [1.807, 2.05) is 0 Å². The summed E-state index contributed by atoms with van der Waals surface area (Å²) < 4.78 is 1.75. The molecule has 1 atom stereocenters. The Kier molecular flexibility index (Phi) is 4.45. The second-order valence-corrected chi connectivity index (χ2v) is 7.49. The van der Waals surface area contributed by atoms with Gasteiger partial charge in [0.2, 0.25) is 0 Å². The summed E-state index contributed by atoms with van der Waals surface area (Å²) >= 11 is 0. The lowest BCUT2D eigenvalue weighted by Gasteiger charge is -2.26. The molecule has 1 fully saturated rings. The standard InChI is InChI=1S/C20H23N3O4/c1-12(20(26)27)23(14-7-8-14)18(24)13-6-9-15-16(11-13)21-17-5-3-2-4-10-22(17)19(15)25/h6,9,11-12,14H,2-5,7-8,10H2,1H3,(H,26,27). The van der Waals surface area contributed by atoms with Gasteiger partial charge in [0.25, 0.3) is 11.5 Å². The average Bonchev–Trinajstić information content (AvgIpc) is 3.48. The third kappa shape index (κ3) is 3.22. The molecule has 1 amide bonds. The van der Waals surface area contributed by atoms with Crippen LogP contribution in [0.15, 0.2) is 23.0 Å². The first kappa shape index (κ1) is 17.7. The lowest BCUT2D eigenvalue weighted by atomic mass is 10.1. The molecular formula is C20H23N3O4. The molecule has 0 saturated heterocycles. The Morgan fingerprint density at radius 3 is 2.74 bits per heavy atom. The monoisotopic (exact) mass is 369 g/mol. The van der Waals surface area contributed by atoms with E-state index in [-0.39, 0.29) is 17.5 Å². The quantitative estimate of drug-likeness (QED) is 0.892. The van der Waals surface area contributed by atoms with Crippen molar-refractivity contribution in [3.8, 4) is 0 Å². The fourth-order valence-electron chi connectivity index (χ4n) is 3.83. The van der Waals surface area contributed by atoms with Crippen molar-refractivity contribution < 1.29 is 14.7 Å². The highest BCUT2D eigenvalue weighted by Crippen LogP contribution is 2.30. The van der Waals surface area contributed by atoms with Gasteiger partial charge in [0.1, 0.15) is 11.9 Å². The number of fused-ring (bicyclic) bond motifs is 2. The van der Waals surface area contributed by atoms with Crippen LogP contribution < -0.4 is 5.56 Å². The van der Waals surface area contributed by atoms with Crippen LogP contribution >= 0.6 is 0 Å². The number of aromatic nitrogens is 2. The molecular weight excluding hydrogens is 346 g/mol. The Bertz CT molecular complexity index is 977. The number of amides is 1. The smallest absolute Gasteiger partial charge is 0.326 e. The average molecular weight is 369 g/mol. The van der Waals surface area contributed by atoms with Gasteiger partial charge in [-0.2, -0.15) is 0 Å². The van der Waals surface area contributed by atoms with Crippen molar-refractivity contribution in [3.05, 3.63) is 39.9 Å². The molecule has 2 aliphatic rings. The molecule has 2 aromatic rings. The van der Waals surface area contributed by atoms with Gasteiger partial charge in [0.05, 0.1) is 10.9 Å². The predicted molar refractivity (Wildman–Crippen MR) is 99.8 cm³/mol. The van der Waals surface area contributed by atoms with Crippen molar-refractivity contribution in [1.29, 1.82) is 0 Å². The van der Waals surface area contributed by atoms with E-state index in [0.717, 1.165) is 44.3 Å². The minimum absolute atomic E-state index is 0.0232. The Balaban J connectivity index is 1.75. The molecule has 27 heavy (non-hydrogen) atoms. The Hall–Kier alpha value is -2.70. The van der Waals surface area contributed by atoms with E-state index in [4.69, 9.17) is 0 Å². The molecule has 0 spiro atoms. The van der Waals surface area contributed by atoms with Gasteiger partial charge in [0.15, 0.2) is 0 Å². The topological polar surface area (TPSA) is 92.5 Å². The fraction of sp³-hybridized carbons (Fsp3) is 0.500. The van der Waals surface area contributed by atoms with Gasteiger partial charge in [-0.1, -0.05) is 6.42 Å². The number of nitrogens with zero attached hydrogens (tertiary/aromatic N) is 3. The van der Waals surface area contributed by atoms with E-state index in [0.29, 0.717) is 23.0 Å². The molecule has 7 nitrogen and oxygen atoms in total. The van der Waals surface area contributed by atoms with Crippen molar-refractivity contribution in [2.24, 2.45) is 0 Å². The largest absolute Gasteiger partial charge is 0.480 e. The maximum Gasteiger partial charge on any atom is 0.326 e. The van der Waals surface area contributed by atoms with Crippen LogP contribution in [0.5, 0.6) is 0 Å². The van der Waals surface area contributed by atoms with E-state index in [9.17, 15) is 19.5 Å². The van der Waals surface area contributed by atoms with Crippen molar-refractivity contribution >= 4 is 22.8 Å². The molecule has 0 radical (unpaired) electrons. The first-order chi connectivity index (χ1) is 13.0. The van der Waals surface area contributed by atoms with Gasteiger partial charge in [-0.3, -0.25) is 14.2 Å². The highest BCUT2D eigenvalue weighted by atomic mass is 16.4. The van der Waals surface area contributed by atoms with Gasteiger partial charge in [-0.15, -0.1) is 0 Å². The van der Waals surface area contributed by atoms with Crippen molar-refractivity contribution in [3.63, 3.8) is 0 Å². The molecule has 2 heterocycles. The van der Waals surface area contributed by atoms with Crippen LogP contribution in [0.3, 0.4) is 0 Å². The number of benzene rings is 1. The van der Waals surface area contributed by atoms with E-state index >= 15 is 0 Å². The number of aryl methyl sites for hydroxylation is 1. The second kappa shape index (κ2) is 6.79. The van der Waals surface area contributed by atoms with Gasteiger partial charge in [0, 0.05) is 24.6 Å². The van der Waals surface area contributed by atoms with Gasteiger partial charge < -0.3 is 10.0 Å². The van der Waals surface area contributed by atoms with Gasteiger partial charge in [-0.25, -0.2) is 9.78 Å². The second-order valence-electron chi connectivity index (χ2n) is 7.49. The summed E-state index contributed by atoms with van der Waals surface area (Å²) in [6.45, 7) is 2.22. The molecule has 0 bridgehead atoms. The van der Waals surface area contributed by atoms with Gasteiger partial charge in [-0.05, 0) is 50.8 Å². The number of rotatable bonds is 4. The van der Waals surface area contributed by atoms with Crippen LogP contribution in [-0.2, 0) is 17.8 Å². The van der Waals surface area contributed by atoms with E-state index < -0.39 is 12.0 Å². The summed E-state index contributed by atoms with van der Waals surface area (Å²) in [6, 6.07) is 3.99. The summed E-state index contributed by atoms with van der Waals surface area (Å²) in [4.78, 5) is 43.3. The van der Waals surface area contributed by atoms with Crippen LogP contribution in [0.2, 0.25) is 0 Å². The lowest BCUT2D eigenvalue weighted by molar-refractivity contribution is -0.141. The zero-order valence-electron chi connectivity index (χ0n) is 15.4. The predicted octanol–water partition coefficient (Wildman–Crippen LogP) is 2.20. The van der Waals surface area contributed by atoms with Crippen molar-refractivity contribution in [1.82, 2.24) is 14.5 Å². The van der Waals surface area contributed by atoms with Crippen molar-refractivity contribution in [2.75, 3.05) is 0 Å². The van der Waals surface area contributed by atoms with Crippen LogP contribution in [0, 0.1) is 0 Å². The number of hydrogen-bond donors (Lipinski definition) is 1. The van der Waals surface area contributed by atoms with E-state index in [1.54, 1.807) is 22.8 Å². The number of carbonyl (C=O) groups is 2. The van der Waals surface area contributed by atoms with Crippen LogP contribution in [0.25, 0.3) is 10.9 Å². The zero-order chi connectivity index (χ0) is 19.1. The summed E-state index contributed by atoms with van der Waals surface area (Å²) in [5, 5.41) is 9.84. The zero-order valence-corrected chi connectivity index (χ0v) is 15.4. The first-order valence-electron chi connectivity index (χ1n) is 9.56. The molecule has 1 saturated carbocycles. The third-order valence-electron chi connectivity index (χ3n) is 5.51. The van der Waals surface area contributed by atoms with E-state index in [2.05, 4.69) is 4.98 Å². The molecule has 1 aliphatic carbocycles. The Morgan fingerprint density at radius 2 is 2.04 bits per heavy atom. The number of carboxylic acids is 1. The normalized spacial score (nSPS) is 17.8. The SMILES string of the molecule is CC(C(=O)O)N(C(=O)c1ccc2c(=O)n3c(nc2c1)CCCCC3)C1CC1. The maximum absolute atomic E-state index is 13.0. The minimum Gasteiger partial charge on any atom is -0.480 e. The van der Waals surface area contributed by atoms with Gasteiger partial charge >= 0.3 is 5.97 Å². The third-order valence-corrected chi connectivity index (χ3v) is 5.51. The Morgan fingerprint density at radius 1 is 1.26 bits per heavy atom. The molecule has 1 aliphatic heterocycles.